The summed E-state index contributed by atoms with van der Waals surface area (Å²) in [6.07, 6.45) is 4.51. The quantitative estimate of drug-likeness (QED) is 0.488. The molecule has 2 aromatic heterocycles. The van der Waals surface area contributed by atoms with Gasteiger partial charge in [0.25, 0.3) is 0 Å². The average molecular weight is 383 g/mol. The van der Waals surface area contributed by atoms with Crippen molar-refractivity contribution in [3.63, 3.8) is 0 Å². The van der Waals surface area contributed by atoms with E-state index in [1.807, 2.05) is 10.6 Å². The van der Waals surface area contributed by atoms with Crippen LogP contribution in [0.1, 0.15) is 48.3 Å². The molecule has 0 fully saturated rings. The highest BCUT2D eigenvalue weighted by Gasteiger charge is 2.24. The van der Waals surface area contributed by atoms with Gasteiger partial charge in [-0.1, -0.05) is 60.7 Å². The predicted octanol–water partition coefficient (Wildman–Crippen LogP) is 5.76. The van der Waals surface area contributed by atoms with Crippen molar-refractivity contribution >= 4 is 11.5 Å². The molecule has 1 aliphatic rings. The lowest BCUT2D eigenvalue weighted by Crippen LogP contribution is -2.17. The number of benzene rings is 2. The smallest absolute Gasteiger partial charge is 0.165 e. The molecule has 0 saturated heterocycles. The molecule has 4 heteroatoms. The Morgan fingerprint density at radius 2 is 1.62 bits per heavy atom. The minimum atomic E-state index is 0.192. The van der Waals surface area contributed by atoms with Crippen molar-refractivity contribution in [1.29, 1.82) is 0 Å². The van der Waals surface area contributed by atoms with E-state index in [9.17, 15) is 0 Å². The summed E-state index contributed by atoms with van der Waals surface area (Å²) in [6.45, 7) is 4.30. The second kappa shape index (κ2) is 7.36. The Morgan fingerprint density at radius 1 is 0.931 bits per heavy atom. The molecule has 146 valence electrons. The third-order valence-electron chi connectivity index (χ3n) is 5.93. The van der Waals surface area contributed by atoms with Gasteiger partial charge in [0.15, 0.2) is 5.65 Å². The maximum Gasteiger partial charge on any atom is 0.165 e. The number of aromatic nitrogens is 3. The number of nitrogens with zero attached hydrogens (tertiary/aromatic N) is 3. The lowest BCUT2D eigenvalue weighted by molar-refractivity contribution is 0.658. The predicted molar refractivity (Wildman–Crippen MR) is 118 cm³/mol. The van der Waals surface area contributed by atoms with E-state index in [1.165, 1.54) is 35.2 Å². The summed E-state index contributed by atoms with van der Waals surface area (Å²) in [6, 6.07) is 21.3. The van der Waals surface area contributed by atoms with E-state index >= 15 is 0 Å². The van der Waals surface area contributed by atoms with Crippen molar-refractivity contribution in [3.05, 3.63) is 83.2 Å². The fraction of sp³-hybridized carbons (Fsp3) is 0.280. The van der Waals surface area contributed by atoms with Crippen LogP contribution >= 0.6 is 0 Å². The maximum absolute atomic E-state index is 5.11. The Labute approximate surface area is 171 Å². The Kier molecular flexibility index (Phi) is 4.55. The Morgan fingerprint density at radius 3 is 2.38 bits per heavy atom. The molecule has 0 spiro atoms. The first-order valence-electron chi connectivity index (χ1n) is 10.5. The van der Waals surface area contributed by atoms with Gasteiger partial charge in [0.05, 0.1) is 5.69 Å². The van der Waals surface area contributed by atoms with Crippen LogP contribution in [0.5, 0.6) is 0 Å². The summed E-state index contributed by atoms with van der Waals surface area (Å²) < 4.78 is 2.04. The molecule has 1 aliphatic carbocycles. The zero-order valence-electron chi connectivity index (χ0n) is 17.0. The number of rotatable bonds is 4. The molecule has 4 nitrogen and oxygen atoms in total. The first-order chi connectivity index (χ1) is 14.2. The van der Waals surface area contributed by atoms with Gasteiger partial charge in [-0.2, -0.15) is 9.61 Å². The van der Waals surface area contributed by atoms with E-state index < -0.39 is 0 Å². The highest BCUT2D eigenvalue weighted by atomic mass is 15.3. The highest BCUT2D eigenvalue weighted by molar-refractivity contribution is 5.81. The van der Waals surface area contributed by atoms with Gasteiger partial charge in [-0.25, -0.2) is 4.98 Å². The van der Waals surface area contributed by atoms with E-state index in [-0.39, 0.29) is 6.04 Å². The number of nitrogens with one attached hydrogen (secondary N) is 1. The van der Waals surface area contributed by atoms with Crippen molar-refractivity contribution in [2.45, 2.75) is 45.6 Å². The van der Waals surface area contributed by atoms with Gasteiger partial charge < -0.3 is 5.32 Å². The van der Waals surface area contributed by atoms with Crippen molar-refractivity contribution in [1.82, 2.24) is 14.6 Å². The van der Waals surface area contributed by atoms with Crippen LogP contribution in [0, 0.1) is 6.92 Å². The molecule has 0 saturated carbocycles. The molecule has 29 heavy (non-hydrogen) atoms. The van der Waals surface area contributed by atoms with Crippen molar-refractivity contribution < 1.29 is 0 Å². The fourth-order valence-electron chi connectivity index (χ4n) is 4.42. The molecule has 0 bridgehead atoms. The lowest BCUT2D eigenvalue weighted by atomic mass is 9.95. The third kappa shape index (κ3) is 3.19. The fourth-order valence-corrected chi connectivity index (χ4v) is 4.42. The molecule has 4 aromatic rings. The van der Waals surface area contributed by atoms with Crippen LogP contribution in [0.4, 0.5) is 5.82 Å². The van der Waals surface area contributed by atoms with Gasteiger partial charge in [-0.3, -0.25) is 0 Å². The first kappa shape index (κ1) is 17.9. The van der Waals surface area contributed by atoms with Crippen molar-refractivity contribution in [2.75, 3.05) is 5.32 Å². The molecule has 1 N–H and O–H groups in total. The molecule has 0 aliphatic heterocycles. The van der Waals surface area contributed by atoms with Crippen LogP contribution in [0.15, 0.2) is 60.7 Å². The Balaban J connectivity index is 1.70. The van der Waals surface area contributed by atoms with Crippen LogP contribution in [0.3, 0.4) is 0 Å². The van der Waals surface area contributed by atoms with Gasteiger partial charge in [-0.05, 0) is 50.7 Å². The minimum absolute atomic E-state index is 0.192. The van der Waals surface area contributed by atoms with Gasteiger partial charge in [0.2, 0.25) is 0 Å². The minimum Gasteiger partial charge on any atom is -0.363 e. The van der Waals surface area contributed by atoms with E-state index in [2.05, 4.69) is 73.8 Å². The Hall–Kier alpha value is -3.14. The summed E-state index contributed by atoms with van der Waals surface area (Å²) >= 11 is 0. The van der Waals surface area contributed by atoms with Crippen LogP contribution in [-0.4, -0.2) is 14.6 Å². The summed E-state index contributed by atoms with van der Waals surface area (Å²) in [4.78, 5) is 5.11. The molecule has 2 aromatic carbocycles. The molecule has 0 amide bonds. The van der Waals surface area contributed by atoms with Gasteiger partial charge >= 0.3 is 0 Å². The molecule has 1 unspecified atom stereocenters. The molecular formula is C25H26N4. The molecule has 0 radical (unpaired) electrons. The highest BCUT2D eigenvalue weighted by Crippen LogP contribution is 2.35. The zero-order chi connectivity index (χ0) is 19.8. The molecule has 1 atom stereocenters. The molecule has 5 rings (SSSR count). The lowest BCUT2D eigenvalue weighted by Gasteiger charge is -2.23. The van der Waals surface area contributed by atoms with E-state index in [0.717, 1.165) is 35.6 Å². The van der Waals surface area contributed by atoms with Gasteiger partial charge in [0.1, 0.15) is 5.82 Å². The topological polar surface area (TPSA) is 42.2 Å². The number of hydrogen-bond donors (Lipinski definition) is 1. The first-order valence-corrected chi connectivity index (χ1v) is 10.5. The number of fused-ring (bicyclic) bond motifs is 2. The van der Waals surface area contributed by atoms with Gasteiger partial charge in [0, 0.05) is 22.9 Å². The SMILES string of the molecule is Cc1nn2c(NC(C)c3ccccc3)c3c(nc2c1-c1ccccc1)CCCC3. The Bertz CT molecular complexity index is 1150. The normalized spacial score (nSPS) is 14.6. The summed E-state index contributed by atoms with van der Waals surface area (Å²) in [7, 11) is 0. The maximum atomic E-state index is 5.11. The largest absolute Gasteiger partial charge is 0.363 e. The number of anilines is 1. The molecular weight excluding hydrogens is 356 g/mol. The molecule has 2 heterocycles. The third-order valence-corrected chi connectivity index (χ3v) is 5.93. The zero-order valence-corrected chi connectivity index (χ0v) is 17.0. The second-order valence-corrected chi connectivity index (χ2v) is 7.93. The monoisotopic (exact) mass is 382 g/mol. The summed E-state index contributed by atoms with van der Waals surface area (Å²) in [5.41, 5.74) is 8.10. The van der Waals surface area contributed by atoms with Gasteiger partial charge in [-0.15, -0.1) is 0 Å². The van der Waals surface area contributed by atoms with Crippen LogP contribution in [-0.2, 0) is 12.8 Å². The number of hydrogen-bond acceptors (Lipinski definition) is 3. The summed E-state index contributed by atoms with van der Waals surface area (Å²) in [5.74, 6) is 1.10. The van der Waals surface area contributed by atoms with Crippen molar-refractivity contribution in [3.8, 4) is 11.1 Å². The van der Waals surface area contributed by atoms with Crippen LogP contribution < -0.4 is 5.32 Å². The van der Waals surface area contributed by atoms with E-state index in [0.29, 0.717) is 0 Å². The average Bonchev–Trinajstić information content (AvgIpc) is 3.10. The standard InChI is InChI=1S/C25H26N4/c1-17(19-11-5-3-6-12-19)26-24-21-15-9-10-16-22(21)27-25-23(18(2)28-29(24)25)20-13-7-4-8-14-20/h3-8,11-14,17,26H,9-10,15-16H2,1-2H3. The van der Waals surface area contributed by atoms with Crippen molar-refractivity contribution in [2.24, 2.45) is 0 Å². The second-order valence-electron chi connectivity index (χ2n) is 7.93. The van der Waals surface area contributed by atoms with Crippen LogP contribution in [0.2, 0.25) is 0 Å². The summed E-state index contributed by atoms with van der Waals surface area (Å²) in [5, 5.41) is 8.72. The van der Waals surface area contributed by atoms with E-state index in [1.54, 1.807) is 0 Å². The number of aryl methyl sites for hydroxylation is 2. The van der Waals surface area contributed by atoms with Crippen LogP contribution in [0.25, 0.3) is 16.8 Å². The van der Waals surface area contributed by atoms with E-state index in [4.69, 9.17) is 10.1 Å².